The molecule has 0 fully saturated rings. The third kappa shape index (κ3) is 2.36. The van der Waals surface area contributed by atoms with Gasteiger partial charge in [-0.1, -0.05) is 24.3 Å². The highest BCUT2D eigenvalue weighted by molar-refractivity contribution is 5.28. The Morgan fingerprint density at radius 2 is 2.11 bits per heavy atom. The average molecular weight is 246 g/mol. The normalized spacial score (nSPS) is 12.6. The van der Waals surface area contributed by atoms with Crippen molar-refractivity contribution in [2.45, 2.75) is 19.5 Å². The van der Waals surface area contributed by atoms with Gasteiger partial charge in [-0.15, -0.1) is 0 Å². The molecular weight excluding hydrogens is 228 g/mol. The van der Waals surface area contributed by atoms with Crippen LogP contribution in [0.4, 0.5) is 0 Å². The molecule has 0 aliphatic rings. The molecule has 1 heterocycles. The molecule has 0 aliphatic heterocycles. The Morgan fingerprint density at radius 3 is 2.67 bits per heavy atom. The van der Waals surface area contributed by atoms with E-state index in [-0.39, 0.29) is 11.7 Å². The van der Waals surface area contributed by atoms with Gasteiger partial charge in [0.2, 0.25) is 0 Å². The van der Waals surface area contributed by atoms with E-state index in [0.29, 0.717) is 6.54 Å². The van der Waals surface area contributed by atoms with Crippen LogP contribution in [0.15, 0.2) is 35.4 Å². The minimum Gasteiger partial charge on any atom is -0.311 e. The highest BCUT2D eigenvalue weighted by Gasteiger charge is 2.14. The largest absolute Gasteiger partial charge is 0.345 e. The first-order valence-corrected chi connectivity index (χ1v) is 5.94. The first kappa shape index (κ1) is 12.6. The molecule has 0 aliphatic carbocycles. The number of likely N-dealkylation sites (N-methyl/N-ethyl adjacent to an activating group) is 1. The number of nitrogens with one attached hydrogen (secondary N) is 1. The lowest BCUT2D eigenvalue weighted by atomic mass is 10.0. The highest BCUT2D eigenvalue weighted by Crippen LogP contribution is 2.17. The summed E-state index contributed by atoms with van der Waals surface area (Å²) in [4.78, 5) is 11.8. The van der Waals surface area contributed by atoms with Crippen molar-refractivity contribution in [3.63, 3.8) is 0 Å². The Morgan fingerprint density at radius 1 is 1.39 bits per heavy atom. The van der Waals surface area contributed by atoms with Gasteiger partial charge in [0.25, 0.3) is 0 Å². The van der Waals surface area contributed by atoms with E-state index < -0.39 is 0 Å². The second kappa shape index (κ2) is 5.18. The number of benzene rings is 1. The van der Waals surface area contributed by atoms with E-state index in [9.17, 15) is 4.79 Å². The lowest BCUT2D eigenvalue weighted by Crippen LogP contribution is -2.30. The monoisotopic (exact) mass is 246 g/mol. The van der Waals surface area contributed by atoms with Gasteiger partial charge in [0, 0.05) is 7.05 Å². The predicted octanol–water partition coefficient (Wildman–Crippen LogP) is 0.851. The van der Waals surface area contributed by atoms with Gasteiger partial charge in [-0.2, -0.15) is 5.10 Å². The molecule has 2 aromatic rings. The Balaban J connectivity index is 2.28. The number of hydrogen-bond acceptors (Lipinski definition) is 3. The maximum atomic E-state index is 11.8. The van der Waals surface area contributed by atoms with Crippen LogP contribution in [0.1, 0.15) is 17.2 Å². The average Bonchev–Trinajstić information content (AvgIpc) is 2.68. The van der Waals surface area contributed by atoms with Crippen LogP contribution in [-0.2, 0) is 13.6 Å². The van der Waals surface area contributed by atoms with E-state index in [0.717, 1.165) is 0 Å². The summed E-state index contributed by atoms with van der Waals surface area (Å²) in [6.45, 7) is 2.60. The molecule has 0 bridgehead atoms. The van der Waals surface area contributed by atoms with Crippen LogP contribution in [0.25, 0.3) is 0 Å². The van der Waals surface area contributed by atoms with Crippen molar-refractivity contribution in [3.8, 4) is 0 Å². The quantitative estimate of drug-likeness (QED) is 0.870. The lowest BCUT2D eigenvalue weighted by Gasteiger charge is -2.18. The summed E-state index contributed by atoms with van der Waals surface area (Å²) in [6, 6.07) is 8.25. The Bertz CT molecular complexity index is 585. The molecule has 0 saturated carbocycles. The van der Waals surface area contributed by atoms with Crippen molar-refractivity contribution >= 4 is 0 Å². The van der Waals surface area contributed by atoms with Crippen LogP contribution in [0, 0.1) is 6.92 Å². The smallest absolute Gasteiger partial charge is 0.311 e. The molecule has 1 N–H and O–H groups in total. The van der Waals surface area contributed by atoms with Crippen molar-refractivity contribution in [2.75, 3.05) is 7.05 Å². The van der Waals surface area contributed by atoms with E-state index >= 15 is 0 Å². The molecule has 1 aromatic carbocycles. The summed E-state index contributed by atoms with van der Waals surface area (Å²) in [5, 5.41) is 7.32. The third-order valence-corrected chi connectivity index (χ3v) is 3.15. The van der Waals surface area contributed by atoms with Gasteiger partial charge in [-0.05, 0) is 25.1 Å². The van der Waals surface area contributed by atoms with E-state index in [1.165, 1.54) is 26.7 Å². The molecule has 96 valence electrons. The number of aromatic nitrogens is 3. The molecule has 0 amide bonds. The topological polar surface area (TPSA) is 51.9 Å². The van der Waals surface area contributed by atoms with Gasteiger partial charge in [-0.3, -0.25) is 4.57 Å². The Labute approximate surface area is 106 Å². The van der Waals surface area contributed by atoms with Gasteiger partial charge in [0.05, 0.1) is 12.6 Å². The molecule has 0 radical (unpaired) electrons. The third-order valence-electron chi connectivity index (χ3n) is 3.15. The molecule has 1 aromatic heterocycles. The van der Waals surface area contributed by atoms with Crippen LogP contribution >= 0.6 is 0 Å². The zero-order chi connectivity index (χ0) is 13.1. The fourth-order valence-corrected chi connectivity index (χ4v) is 2.04. The number of aryl methyl sites for hydroxylation is 2. The Hall–Kier alpha value is -1.88. The van der Waals surface area contributed by atoms with Crippen LogP contribution in [0.2, 0.25) is 0 Å². The summed E-state index contributed by atoms with van der Waals surface area (Å²) in [5.74, 6) is 0. The van der Waals surface area contributed by atoms with Crippen LogP contribution in [-0.4, -0.2) is 21.4 Å². The molecular formula is C13H18N4O. The van der Waals surface area contributed by atoms with Crippen molar-refractivity contribution in [1.82, 2.24) is 19.7 Å². The molecule has 0 saturated heterocycles. The maximum Gasteiger partial charge on any atom is 0.345 e. The molecule has 1 unspecified atom stereocenters. The van der Waals surface area contributed by atoms with Gasteiger partial charge in [0.1, 0.15) is 6.33 Å². The zero-order valence-electron chi connectivity index (χ0n) is 10.9. The lowest BCUT2D eigenvalue weighted by molar-refractivity contribution is 0.454. The summed E-state index contributed by atoms with van der Waals surface area (Å²) in [7, 11) is 3.60. The summed E-state index contributed by atoms with van der Waals surface area (Å²) in [5.41, 5.74) is 2.31. The molecule has 2 rings (SSSR count). The second-order valence-corrected chi connectivity index (χ2v) is 4.40. The van der Waals surface area contributed by atoms with Crippen molar-refractivity contribution < 1.29 is 0 Å². The van der Waals surface area contributed by atoms with Crippen LogP contribution < -0.4 is 11.0 Å². The fraction of sp³-hybridized carbons (Fsp3) is 0.385. The zero-order valence-corrected chi connectivity index (χ0v) is 10.9. The van der Waals surface area contributed by atoms with Gasteiger partial charge in [-0.25, -0.2) is 9.48 Å². The van der Waals surface area contributed by atoms with E-state index in [1.807, 2.05) is 19.2 Å². The van der Waals surface area contributed by atoms with E-state index in [4.69, 9.17) is 0 Å². The van der Waals surface area contributed by atoms with Crippen LogP contribution in [0.5, 0.6) is 0 Å². The molecule has 5 nitrogen and oxygen atoms in total. The minimum atomic E-state index is -0.0937. The fourth-order valence-electron chi connectivity index (χ4n) is 2.04. The second-order valence-electron chi connectivity index (χ2n) is 4.40. The SMILES string of the molecule is CNC(Cn1ncn(C)c1=O)c1ccccc1C. The van der Waals surface area contributed by atoms with Crippen molar-refractivity contribution in [1.29, 1.82) is 0 Å². The standard InChI is InChI=1S/C13H18N4O/c1-10-6-4-5-7-11(10)12(14-2)8-17-13(18)16(3)9-15-17/h4-7,9,12,14H,8H2,1-3H3. The first-order chi connectivity index (χ1) is 8.63. The number of hydrogen-bond donors (Lipinski definition) is 1. The van der Waals surface area contributed by atoms with Crippen molar-refractivity contribution in [2.24, 2.45) is 7.05 Å². The molecule has 18 heavy (non-hydrogen) atoms. The maximum absolute atomic E-state index is 11.8. The molecule has 5 heteroatoms. The Kier molecular flexibility index (Phi) is 3.62. The molecule has 0 spiro atoms. The number of nitrogens with zero attached hydrogens (tertiary/aromatic N) is 3. The van der Waals surface area contributed by atoms with E-state index in [2.05, 4.69) is 29.5 Å². The minimum absolute atomic E-state index is 0.0822. The van der Waals surface area contributed by atoms with Crippen molar-refractivity contribution in [3.05, 3.63) is 52.2 Å². The summed E-state index contributed by atoms with van der Waals surface area (Å²) < 4.78 is 2.96. The van der Waals surface area contributed by atoms with Crippen LogP contribution in [0.3, 0.4) is 0 Å². The first-order valence-electron chi connectivity index (χ1n) is 5.94. The summed E-state index contributed by atoms with van der Waals surface area (Å²) >= 11 is 0. The van der Waals surface area contributed by atoms with Gasteiger partial charge in [0.15, 0.2) is 0 Å². The highest BCUT2D eigenvalue weighted by atomic mass is 16.2. The van der Waals surface area contributed by atoms with Gasteiger partial charge < -0.3 is 5.32 Å². The van der Waals surface area contributed by atoms with Gasteiger partial charge >= 0.3 is 5.69 Å². The van der Waals surface area contributed by atoms with E-state index in [1.54, 1.807) is 7.05 Å². The number of rotatable bonds is 4. The molecule has 1 atom stereocenters. The predicted molar refractivity (Wildman–Crippen MR) is 70.4 cm³/mol. The summed E-state index contributed by atoms with van der Waals surface area (Å²) in [6.07, 6.45) is 1.53.